The van der Waals surface area contributed by atoms with Gasteiger partial charge in [-0.05, 0) is 19.3 Å². The highest BCUT2D eigenvalue weighted by atomic mass is 35.5. The molecule has 0 spiro atoms. The summed E-state index contributed by atoms with van der Waals surface area (Å²) in [6.07, 6.45) is 15.0. The molecule has 1 N–H and O–H groups in total. The van der Waals surface area contributed by atoms with Crippen molar-refractivity contribution in [3.8, 4) is 0 Å². The molecular weight excluding hydrogens is 206 g/mol. The van der Waals surface area contributed by atoms with Gasteiger partial charge in [-0.1, -0.05) is 33.1 Å². The Morgan fingerprint density at radius 2 is 1.80 bits per heavy atom. The van der Waals surface area contributed by atoms with Crippen molar-refractivity contribution in [2.75, 3.05) is 6.54 Å². The van der Waals surface area contributed by atoms with Crippen molar-refractivity contribution in [1.29, 1.82) is 0 Å². The zero-order valence-electron chi connectivity index (χ0n) is 10.1. The van der Waals surface area contributed by atoms with Crippen molar-refractivity contribution in [3.63, 3.8) is 0 Å². The molecule has 0 bridgehead atoms. The van der Waals surface area contributed by atoms with E-state index in [2.05, 4.69) is 32.3 Å². The Labute approximate surface area is 101 Å². The first-order valence-electron chi connectivity index (χ1n) is 6.11. The summed E-state index contributed by atoms with van der Waals surface area (Å²) in [6, 6.07) is 0. The normalized spacial score (nSPS) is 18.8. The predicted molar refractivity (Wildman–Crippen MR) is 62.1 cm³/mol. The number of halogens is 1. The van der Waals surface area contributed by atoms with Crippen LogP contribution in [-0.2, 0) is 0 Å². The Kier molecular flexibility index (Phi) is 8.83. The van der Waals surface area contributed by atoms with Crippen LogP contribution in [-0.4, -0.2) is 6.54 Å². The Bertz CT molecular complexity index is 209. The van der Waals surface area contributed by atoms with E-state index >= 15 is 0 Å². The van der Waals surface area contributed by atoms with Crippen molar-refractivity contribution in [3.05, 3.63) is 24.0 Å². The van der Waals surface area contributed by atoms with Gasteiger partial charge in [-0.15, -0.1) is 0 Å². The minimum atomic E-state index is 0. The summed E-state index contributed by atoms with van der Waals surface area (Å²) in [4.78, 5) is 1.54. The molecule has 0 fully saturated rings. The number of quaternary nitrogens is 1. The third-order valence-electron chi connectivity index (χ3n) is 2.86. The number of rotatable bonds is 7. The van der Waals surface area contributed by atoms with Gasteiger partial charge in [0.05, 0.1) is 12.7 Å². The third kappa shape index (κ3) is 6.01. The molecule has 88 valence electrons. The fraction of sp³-hybridized carbons (Fsp3) is 0.692. The van der Waals surface area contributed by atoms with Crippen LogP contribution >= 0.6 is 0 Å². The van der Waals surface area contributed by atoms with Crippen molar-refractivity contribution in [2.24, 2.45) is 0 Å². The van der Waals surface area contributed by atoms with Crippen molar-refractivity contribution in [1.82, 2.24) is 0 Å². The molecule has 0 aromatic heterocycles. The molecule has 1 atom stereocenters. The molecule has 0 amide bonds. The van der Waals surface area contributed by atoms with Gasteiger partial charge in [-0.3, -0.25) is 4.90 Å². The molecule has 1 aliphatic rings. The first-order chi connectivity index (χ1) is 6.86. The molecule has 2 heteroatoms. The number of unbranched alkanes of at least 4 members (excludes halogenated alkanes) is 4. The quantitative estimate of drug-likeness (QED) is 0.571. The molecule has 1 heterocycles. The Hall–Kier alpha value is -0.270. The zero-order chi connectivity index (χ0) is 10.2. The monoisotopic (exact) mass is 229 g/mol. The minimum Gasteiger partial charge on any atom is -1.00 e. The summed E-state index contributed by atoms with van der Waals surface area (Å²) in [7, 11) is 0. The second kappa shape index (κ2) is 8.99. The average Bonchev–Trinajstić information content (AvgIpc) is 2.65. The SMILES string of the molecule is CCCCCCC[NH+]1C=CC(CC)=C1.[Cl-]. The molecular formula is C13H24ClN. The van der Waals surface area contributed by atoms with Gasteiger partial charge in [0.2, 0.25) is 0 Å². The van der Waals surface area contributed by atoms with E-state index in [1.807, 2.05) is 0 Å². The van der Waals surface area contributed by atoms with E-state index < -0.39 is 0 Å². The second-order valence-electron chi connectivity index (χ2n) is 4.15. The van der Waals surface area contributed by atoms with Crippen LogP contribution < -0.4 is 17.3 Å². The van der Waals surface area contributed by atoms with Crippen molar-refractivity contribution in [2.45, 2.75) is 52.4 Å². The van der Waals surface area contributed by atoms with E-state index in [0.29, 0.717) is 0 Å². The van der Waals surface area contributed by atoms with Gasteiger partial charge in [-0.2, -0.15) is 0 Å². The van der Waals surface area contributed by atoms with Crippen LogP contribution in [0.5, 0.6) is 0 Å². The van der Waals surface area contributed by atoms with E-state index in [4.69, 9.17) is 0 Å². The number of nitrogens with one attached hydrogen (secondary N) is 1. The highest BCUT2D eigenvalue weighted by Gasteiger charge is 2.08. The number of allylic oxidation sites excluding steroid dienone is 2. The van der Waals surface area contributed by atoms with E-state index in [1.165, 1.54) is 50.6 Å². The summed E-state index contributed by atoms with van der Waals surface area (Å²) < 4.78 is 0. The number of hydrogen-bond donors (Lipinski definition) is 1. The lowest BCUT2D eigenvalue weighted by molar-refractivity contribution is -0.788. The second-order valence-corrected chi connectivity index (χ2v) is 4.15. The van der Waals surface area contributed by atoms with Gasteiger partial charge in [0.25, 0.3) is 0 Å². The number of hydrogen-bond acceptors (Lipinski definition) is 0. The van der Waals surface area contributed by atoms with Crippen LogP contribution in [0.4, 0.5) is 0 Å². The van der Waals surface area contributed by atoms with E-state index in [0.717, 1.165) is 0 Å². The maximum atomic E-state index is 2.36. The lowest BCUT2D eigenvalue weighted by Gasteiger charge is -2.06. The van der Waals surface area contributed by atoms with Gasteiger partial charge >= 0.3 is 0 Å². The summed E-state index contributed by atoms with van der Waals surface area (Å²) in [5.41, 5.74) is 1.49. The first kappa shape index (κ1) is 14.7. The fourth-order valence-electron chi connectivity index (χ4n) is 1.86. The first-order valence-corrected chi connectivity index (χ1v) is 6.11. The molecule has 0 saturated heterocycles. The molecule has 1 rings (SSSR count). The Balaban J connectivity index is 0.00000196. The molecule has 1 nitrogen and oxygen atoms in total. The Morgan fingerprint density at radius 3 is 2.40 bits per heavy atom. The lowest BCUT2D eigenvalue weighted by Crippen LogP contribution is -3.01. The van der Waals surface area contributed by atoms with Crippen molar-refractivity contribution < 1.29 is 17.3 Å². The van der Waals surface area contributed by atoms with Crippen LogP contribution in [0.25, 0.3) is 0 Å². The fourth-order valence-corrected chi connectivity index (χ4v) is 1.86. The van der Waals surface area contributed by atoms with E-state index in [-0.39, 0.29) is 12.4 Å². The lowest BCUT2D eigenvalue weighted by atomic mass is 10.1. The van der Waals surface area contributed by atoms with Crippen molar-refractivity contribution >= 4 is 0 Å². The Morgan fingerprint density at radius 1 is 1.07 bits per heavy atom. The van der Waals surface area contributed by atoms with Gasteiger partial charge in [0.15, 0.2) is 0 Å². The maximum Gasteiger partial charge on any atom is 0.102 e. The van der Waals surface area contributed by atoms with Crippen LogP contribution in [0.2, 0.25) is 0 Å². The summed E-state index contributed by atoms with van der Waals surface area (Å²) in [6.45, 7) is 5.77. The van der Waals surface area contributed by atoms with Crippen LogP contribution in [0.1, 0.15) is 52.4 Å². The van der Waals surface area contributed by atoms with Gasteiger partial charge < -0.3 is 12.4 Å². The standard InChI is InChI=1S/C13H23N.ClH/c1-3-5-6-7-8-10-14-11-9-13(4-2)12-14;/h9,11-12H,3-8,10H2,1-2H3;1H. The molecule has 1 aliphatic heterocycles. The summed E-state index contributed by atoms with van der Waals surface area (Å²) in [5, 5.41) is 0. The molecule has 15 heavy (non-hydrogen) atoms. The minimum absolute atomic E-state index is 0. The highest BCUT2D eigenvalue weighted by molar-refractivity contribution is 5.17. The summed E-state index contributed by atoms with van der Waals surface area (Å²) in [5.74, 6) is 0. The third-order valence-corrected chi connectivity index (χ3v) is 2.86. The van der Waals surface area contributed by atoms with Gasteiger partial charge in [-0.25, -0.2) is 0 Å². The molecule has 1 unspecified atom stereocenters. The van der Waals surface area contributed by atoms with Gasteiger partial charge in [0, 0.05) is 11.6 Å². The molecule has 0 aromatic carbocycles. The zero-order valence-corrected chi connectivity index (χ0v) is 10.8. The molecule has 0 aliphatic carbocycles. The van der Waals surface area contributed by atoms with E-state index in [1.54, 1.807) is 4.90 Å². The topological polar surface area (TPSA) is 4.44 Å². The molecule has 0 aromatic rings. The van der Waals surface area contributed by atoms with Crippen LogP contribution in [0.15, 0.2) is 24.0 Å². The molecule has 0 radical (unpaired) electrons. The molecule has 0 saturated carbocycles. The smallest absolute Gasteiger partial charge is 0.102 e. The van der Waals surface area contributed by atoms with Crippen LogP contribution in [0, 0.1) is 0 Å². The van der Waals surface area contributed by atoms with Gasteiger partial charge in [0.1, 0.15) is 6.20 Å². The largest absolute Gasteiger partial charge is 1.00 e. The van der Waals surface area contributed by atoms with Crippen LogP contribution in [0.3, 0.4) is 0 Å². The maximum absolute atomic E-state index is 2.36. The summed E-state index contributed by atoms with van der Waals surface area (Å²) >= 11 is 0. The average molecular weight is 230 g/mol. The van der Waals surface area contributed by atoms with E-state index in [9.17, 15) is 0 Å². The highest BCUT2D eigenvalue weighted by Crippen LogP contribution is 2.03. The predicted octanol–water partition coefficient (Wildman–Crippen LogP) is -0.333.